The molecule has 0 spiro atoms. The Morgan fingerprint density at radius 3 is 2.94 bits per heavy atom. The standard InChI is InChI=1S/C14H16N2O/c1-16(10-6-7-10)9-14(17)12-8-15-13-5-3-2-4-11(12)13/h2-5,8,10,15H,6-7,9H2,1H3. The molecule has 1 aromatic heterocycles. The number of likely N-dealkylation sites (N-methyl/N-ethyl adjacent to an activating group) is 1. The van der Waals surface area contributed by atoms with E-state index in [0.29, 0.717) is 12.6 Å². The van der Waals surface area contributed by atoms with Gasteiger partial charge in [-0.1, -0.05) is 18.2 Å². The van der Waals surface area contributed by atoms with Gasteiger partial charge < -0.3 is 4.98 Å². The van der Waals surface area contributed by atoms with Gasteiger partial charge in [0.05, 0.1) is 6.54 Å². The van der Waals surface area contributed by atoms with Crippen LogP contribution >= 0.6 is 0 Å². The zero-order valence-corrected chi connectivity index (χ0v) is 9.94. The van der Waals surface area contributed by atoms with E-state index < -0.39 is 0 Å². The number of nitrogens with zero attached hydrogens (tertiary/aromatic N) is 1. The molecule has 1 N–H and O–H groups in total. The van der Waals surface area contributed by atoms with Gasteiger partial charge in [0.2, 0.25) is 0 Å². The highest BCUT2D eigenvalue weighted by Gasteiger charge is 2.27. The van der Waals surface area contributed by atoms with Crippen LogP contribution in [0.4, 0.5) is 0 Å². The molecule has 1 aliphatic carbocycles. The SMILES string of the molecule is CN(CC(=O)c1c[nH]c2ccccc12)C1CC1. The van der Waals surface area contributed by atoms with Crippen molar-refractivity contribution in [3.05, 3.63) is 36.0 Å². The summed E-state index contributed by atoms with van der Waals surface area (Å²) in [6.07, 6.45) is 4.29. The predicted molar refractivity (Wildman–Crippen MR) is 68.3 cm³/mol. The Bertz CT molecular complexity index is 554. The number of carbonyl (C=O) groups excluding carboxylic acids is 1. The average molecular weight is 228 g/mol. The molecule has 88 valence electrons. The van der Waals surface area contributed by atoms with Gasteiger partial charge in [-0.2, -0.15) is 0 Å². The van der Waals surface area contributed by atoms with Crippen molar-refractivity contribution in [1.29, 1.82) is 0 Å². The average Bonchev–Trinajstić information content (AvgIpc) is 3.09. The number of hydrogen-bond acceptors (Lipinski definition) is 2. The number of para-hydroxylation sites is 1. The van der Waals surface area contributed by atoms with Crippen LogP contribution in [0.5, 0.6) is 0 Å². The Hall–Kier alpha value is -1.61. The topological polar surface area (TPSA) is 36.1 Å². The van der Waals surface area contributed by atoms with Crippen LogP contribution in [0.3, 0.4) is 0 Å². The minimum Gasteiger partial charge on any atom is -0.360 e. The molecule has 0 radical (unpaired) electrons. The lowest BCUT2D eigenvalue weighted by molar-refractivity contribution is 0.0944. The van der Waals surface area contributed by atoms with Gasteiger partial charge in [0.15, 0.2) is 5.78 Å². The van der Waals surface area contributed by atoms with Crippen LogP contribution in [0, 0.1) is 0 Å². The van der Waals surface area contributed by atoms with E-state index in [9.17, 15) is 4.79 Å². The minimum atomic E-state index is 0.205. The Kier molecular flexibility index (Phi) is 2.48. The summed E-state index contributed by atoms with van der Waals surface area (Å²) in [5.41, 5.74) is 1.85. The molecular formula is C14H16N2O. The van der Waals surface area contributed by atoms with E-state index in [1.807, 2.05) is 37.5 Å². The van der Waals surface area contributed by atoms with Crippen molar-refractivity contribution in [3.8, 4) is 0 Å². The second kappa shape index (κ2) is 4.00. The van der Waals surface area contributed by atoms with Gasteiger partial charge in [-0.3, -0.25) is 9.69 Å². The van der Waals surface area contributed by atoms with Gasteiger partial charge in [0.25, 0.3) is 0 Å². The van der Waals surface area contributed by atoms with Crippen LogP contribution in [0.25, 0.3) is 10.9 Å². The number of nitrogens with one attached hydrogen (secondary N) is 1. The number of aromatic nitrogens is 1. The van der Waals surface area contributed by atoms with Gasteiger partial charge in [0.1, 0.15) is 0 Å². The fourth-order valence-corrected chi connectivity index (χ4v) is 2.26. The number of aromatic amines is 1. The molecule has 2 aromatic rings. The largest absolute Gasteiger partial charge is 0.360 e. The van der Waals surface area contributed by atoms with Crippen molar-refractivity contribution in [2.24, 2.45) is 0 Å². The van der Waals surface area contributed by atoms with Gasteiger partial charge in [0, 0.05) is 28.7 Å². The summed E-state index contributed by atoms with van der Waals surface area (Å²) in [4.78, 5) is 17.5. The summed E-state index contributed by atoms with van der Waals surface area (Å²) in [5.74, 6) is 0.205. The molecule has 1 aliphatic rings. The quantitative estimate of drug-likeness (QED) is 0.816. The van der Waals surface area contributed by atoms with Crippen LogP contribution in [0.15, 0.2) is 30.5 Å². The first kappa shape index (κ1) is 10.5. The molecule has 0 saturated heterocycles. The highest BCUT2D eigenvalue weighted by atomic mass is 16.1. The molecule has 3 rings (SSSR count). The van der Waals surface area contributed by atoms with Gasteiger partial charge >= 0.3 is 0 Å². The van der Waals surface area contributed by atoms with E-state index in [4.69, 9.17) is 0 Å². The van der Waals surface area contributed by atoms with Crippen LogP contribution in [0.1, 0.15) is 23.2 Å². The number of H-pyrrole nitrogens is 1. The first-order chi connectivity index (χ1) is 8.25. The fraction of sp³-hybridized carbons (Fsp3) is 0.357. The van der Waals surface area contributed by atoms with Crippen molar-refractivity contribution in [2.45, 2.75) is 18.9 Å². The number of ketones is 1. The number of rotatable bonds is 4. The number of fused-ring (bicyclic) bond motifs is 1. The third kappa shape index (κ3) is 1.98. The van der Waals surface area contributed by atoms with Crippen LogP contribution < -0.4 is 0 Å². The molecule has 1 heterocycles. The summed E-state index contributed by atoms with van der Waals surface area (Å²) >= 11 is 0. The molecule has 0 atom stereocenters. The van der Waals surface area contributed by atoms with Crippen molar-refractivity contribution >= 4 is 16.7 Å². The molecule has 0 aliphatic heterocycles. The normalized spacial score (nSPS) is 15.6. The molecule has 0 amide bonds. The fourth-order valence-electron chi connectivity index (χ4n) is 2.26. The summed E-state index contributed by atoms with van der Waals surface area (Å²) in [5, 5.41) is 1.03. The number of carbonyl (C=O) groups is 1. The lowest BCUT2D eigenvalue weighted by Gasteiger charge is -2.13. The Morgan fingerprint density at radius 2 is 2.18 bits per heavy atom. The lowest BCUT2D eigenvalue weighted by Crippen LogP contribution is -2.27. The highest BCUT2D eigenvalue weighted by molar-refractivity contribution is 6.08. The molecule has 3 nitrogen and oxygen atoms in total. The van der Waals surface area contributed by atoms with Gasteiger partial charge in [-0.25, -0.2) is 0 Å². The smallest absolute Gasteiger partial charge is 0.178 e. The molecule has 0 bridgehead atoms. The lowest BCUT2D eigenvalue weighted by atomic mass is 10.1. The second-order valence-corrected chi connectivity index (χ2v) is 4.82. The van der Waals surface area contributed by atoms with Crippen LogP contribution in [-0.4, -0.2) is 35.3 Å². The second-order valence-electron chi connectivity index (χ2n) is 4.82. The highest BCUT2D eigenvalue weighted by Crippen LogP contribution is 2.26. The number of hydrogen-bond donors (Lipinski definition) is 1. The maximum atomic E-state index is 12.2. The first-order valence-corrected chi connectivity index (χ1v) is 6.05. The van der Waals surface area contributed by atoms with Crippen molar-refractivity contribution in [3.63, 3.8) is 0 Å². The maximum absolute atomic E-state index is 12.2. The van der Waals surface area contributed by atoms with E-state index in [2.05, 4.69) is 9.88 Å². The van der Waals surface area contributed by atoms with Crippen molar-refractivity contribution in [2.75, 3.05) is 13.6 Å². The van der Waals surface area contributed by atoms with Crippen LogP contribution in [-0.2, 0) is 0 Å². The molecule has 1 aromatic carbocycles. The van der Waals surface area contributed by atoms with Gasteiger partial charge in [-0.05, 0) is 26.0 Å². The Labute approximate surface area is 100 Å². The molecule has 1 fully saturated rings. The summed E-state index contributed by atoms with van der Waals surface area (Å²) in [7, 11) is 2.03. The predicted octanol–water partition coefficient (Wildman–Crippen LogP) is 2.44. The molecular weight excluding hydrogens is 212 g/mol. The maximum Gasteiger partial charge on any atom is 0.178 e. The van der Waals surface area contributed by atoms with Gasteiger partial charge in [-0.15, -0.1) is 0 Å². The number of benzene rings is 1. The molecule has 17 heavy (non-hydrogen) atoms. The van der Waals surface area contributed by atoms with E-state index in [1.165, 1.54) is 12.8 Å². The summed E-state index contributed by atoms with van der Waals surface area (Å²) in [6, 6.07) is 8.57. The first-order valence-electron chi connectivity index (χ1n) is 6.05. The zero-order chi connectivity index (χ0) is 11.8. The van der Waals surface area contributed by atoms with E-state index in [-0.39, 0.29) is 5.78 Å². The van der Waals surface area contributed by atoms with Crippen LogP contribution in [0.2, 0.25) is 0 Å². The third-order valence-electron chi connectivity index (χ3n) is 3.45. The van der Waals surface area contributed by atoms with Crippen molar-refractivity contribution in [1.82, 2.24) is 9.88 Å². The van der Waals surface area contributed by atoms with Crippen molar-refractivity contribution < 1.29 is 4.79 Å². The zero-order valence-electron chi connectivity index (χ0n) is 9.94. The molecule has 3 heteroatoms. The Balaban J connectivity index is 1.85. The summed E-state index contributed by atoms with van der Waals surface area (Å²) < 4.78 is 0. The van der Waals surface area contributed by atoms with E-state index >= 15 is 0 Å². The Morgan fingerprint density at radius 1 is 1.41 bits per heavy atom. The monoisotopic (exact) mass is 228 g/mol. The van der Waals surface area contributed by atoms with E-state index in [0.717, 1.165) is 16.5 Å². The third-order valence-corrected chi connectivity index (χ3v) is 3.45. The van der Waals surface area contributed by atoms with E-state index in [1.54, 1.807) is 0 Å². The minimum absolute atomic E-state index is 0.205. The summed E-state index contributed by atoms with van der Waals surface area (Å²) in [6.45, 7) is 0.520. The number of Topliss-reactive ketones (excluding diaryl/α,β-unsaturated/α-hetero) is 1. The molecule has 1 saturated carbocycles. The molecule has 0 unspecified atom stereocenters.